The molecule has 0 fully saturated rings. The molecule has 1 aliphatic rings. The lowest BCUT2D eigenvalue weighted by Crippen LogP contribution is -2.44. The average molecular weight is 282 g/mol. The van der Waals surface area contributed by atoms with Gasteiger partial charge in [0.15, 0.2) is 0 Å². The molecule has 2 N–H and O–H groups in total. The van der Waals surface area contributed by atoms with E-state index in [1.807, 2.05) is 25.6 Å². The number of urea groups is 1. The van der Waals surface area contributed by atoms with Gasteiger partial charge in [0.1, 0.15) is 5.82 Å². The molecule has 2 amide bonds. The van der Waals surface area contributed by atoms with Crippen LogP contribution in [0.4, 0.5) is 4.79 Å². The number of carbonyl (C=O) groups is 1. The van der Waals surface area contributed by atoms with Gasteiger partial charge in [-0.05, 0) is 25.5 Å². The third-order valence-electron chi connectivity index (χ3n) is 3.40. The first-order chi connectivity index (χ1) is 9.19. The highest BCUT2D eigenvalue weighted by Gasteiger charge is 2.19. The van der Waals surface area contributed by atoms with E-state index in [4.69, 9.17) is 0 Å². The largest absolute Gasteiger partial charge is 0.338 e. The third kappa shape index (κ3) is 4.16. The van der Waals surface area contributed by atoms with Crippen molar-refractivity contribution in [1.82, 2.24) is 20.2 Å². The van der Waals surface area contributed by atoms with E-state index in [0.29, 0.717) is 5.92 Å². The predicted molar refractivity (Wildman–Crippen MR) is 78.4 cm³/mol. The summed E-state index contributed by atoms with van der Waals surface area (Å²) in [7, 11) is 0. The number of nitrogens with one attached hydrogen (secondary N) is 2. The molecule has 0 unspecified atom stereocenters. The van der Waals surface area contributed by atoms with Crippen molar-refractivity contribution in [3.8, 4) is 0 Å². The Balaban J connectivity index is 1.70. The van der Waals surface area contributed by atoms with Crippen molar-refractivity contribution < 1.29 is 4.79 Å². The number of thioether (sulfide) groups is 1. The normalized spacial score (nSPS) is 19.6. The molecule has 19 heavy (non-hydrogen) atoms. The first-order valence-electron chi connectivity index (χ1n) is 6.72. The van der Waals surface area contributed by atoms with Crippen molar-refractivity contribution in [2.75, 3.05) is 18.6 Å². The van der Waals surface area contributed by atoms with Gasteiger partial charge in [-0.2, -0.15) is 11.8 Å². The Kier molecular flexibility index (Phi) is 5.13. The maximum Gasteiger partial charge on any atom is 0.315 e. The highest BCUT2D eigenvalue weighted by atomic mass is 32.2. The van der Waals surface area contributed by atoms with E-state index >= 15 is 0 Å². The van der Waals surface area contributed by atoms with Crippen LogP contribution < -0.4 is 10.6 Å². The third-order valence-corrected chi connectivity index (χ3v) is 4.23. The standard InChI is InChI=1S/C13H22N4OS/c1-10(9-19-2)16-13(18)15-8-11-3-5-17-6-4-14-12(17)7-11/h4,6,10-11H,3,5,7-9H2,1-2H3,(H2,15,16,18)/t10-,11+/m0/s1. The number of aromatic nitrogens is 2. The van der Waals surface area contributed by atoms with Gasteiger partial charge in [-0.3, -0.25) is 0 Å². The number of imidazole rings is 1. The lowest BCUT2D eigenvalue weighted by molar-refractivity contribution is 0.235. The van der Waals surface area contributed by atoms with Gasteiger partial charge < -0.3 is 15.2 Å². The summed E-state index contributed by atoms with van der Waals surface area (Å²) in [6.45, 7) is 3.75. The molecule has 0 spiro atoms. The van der Waals surface area contributed by atoms with Crippen LogP contribution in [0.5, 0.6) is 0 Å². The monoisotopic (exact) mass is 282 g/mol. The van der Waals surface area contributed by atoms with E-state index in [2.05, 4.69) is 20.2 Å². The van der Waals surface area contributed by atoms with E-state index in [9.17, 15) is 4.79 Å². The lowest BCUT2D eigenvalue weighted by Gasteiger charge is -2.24. The first kappa shape index (κ1) is 14.2. The van der Waals surface area contributed by atoms with Crippen LogP contribution in [-0.4, -0.2) is 40.2 Å². The molecule has 0 aliphatic carbocycles. The molecule has 1 aromatic heterocycles. The number of hydrogen-bond acceptors (Lipinski definition) is 3. The van der Waals surface area contributed by atoms with Crippen LogP contribution in [0, 0.1) is 5.92 Å². The molecule has 6 heteroatoms. The fourth-order valence-electron chi connectivity index (χ4n) is 2.39. The second-order valence-corrected chi connectivity index (χ2v) is 6.02. The molecule has 1 aromatic rings. The second kappa shape index (κ2) is 6.84. The van der Waals surface area contributed by atoms with Crippen LogP contribution in [-0.2, 0) is 13.0 Å². The van der Waals surface area contributed by atoms with Crippen LogP contribution in [0.2, 0.25) is 0 Å². The summed E-state index contributed by atoms with van der Waals surface area (Å²) in [5, 5.41) is 5.91. The lowest BCUT2D eigenvalue weighted by atomic mass is 9.98. The molecule has 0 aromatic carbocycles. The van der Waals surface area contributed by atoms with Gasteiger partial charge in [0.25, 0.3) is 0 Å². The summed E-state index contributed by atoms with van der Waals surface area (Å²) >= 11 is 1.74. The molecule has 2 atom stereocenters. The number of amides is 2. The quantitative estimate of drug-likeness (QED) is 0.860. The van der Waals surface area contributed by atoms with Crippen molar-refractivity contribution >= 4 is 17.8 Å². The summed E-state index contributed by atoms with van der Waals surface area (Å²) < 4.78 is 2.19. The number of carbonyl (C=O) groups excluding carboxylic acids is 1. The van der Waals surface area contributed by atoms with Crippen molar-refractivity contribution in [3.63, 3.8) is 0 Å². The van der Waals surface area contributed by atoms with Gasteiger partial charge in [0.2, 0.25) is 0 Å². The Bertz CT molecular complexity index is 421. The van der Waals surface area contributed by atoms with E-state index in [-0.39, 0.29) is 12.1 Å². The van der Waals surface area contributed by atoms with Crippen LogP contribution >= 0.6 is 11.8 Å². The molecule has 0 saturated carbocycles. The zero-order chi connectivity index (χ0) is 13.7. The molecule has 106 valence electrons. The molecule has 1 aliphatic heterocycles. The minimum absolute atomic E-state index is 0.0598. The van der Waals surface area contributed by atoms with Crippen LogP contribution in [0.15, 0.2) is 12.4 Å². The van der Waals surface area contributed by atoms with Gasteiger partial charge >= 0.3 is 6.03 Å². The van der Waals surface area contributed by atoms with Gasteiger partial charge in [-0.15, -0.1) is 0 Å². The SMILES string of the molecule is CSC[C@H](C)NC(=O)NC[C@@H]1CCn2ccnc2C1. The first-order valence-corrected chi connectivity index (χ1v) is 8.11. The smallest absolute Gasteiger partial charge is 0.315 e. The van der Waals surface area contributed by atoms with Crippen molar-refractivity contribution in [2.45, 2.75) is 32.4 Å². The number of hydrogen-bond donors (Lipinski definition) is 2. The number of fused-ring (bicyclic) bond motifs is 1. The Labute approximate surface area is 118 Å². The highest BCUT2D eigenvalue weighted by molar-refractivity contribution is 7.98. The number of aryl methyl sites for hydroxylation is 1. The summed E-state index contributed by atoms with van der Waals surface area (Å²) in [5.41, 5.74) is 0. The highest BCUT2D eigenvalue weighted by Crippen LogP contribution is 2.18. The Morgan fingerprint density at radius 2 is 2.53 bits per heavy atom. The minimum Gasteiger partial charge on any atom is -0.338 e. The summed E-state index contributed by atoms with van der Waals surface area (Å²) in [4.78, 5) is 16.1. The number of rotatable bonds is 5. The maximum atomic E-state index is 11.7. The van der Waals surface area contributed by atoms with Crippen LogP contribution in [0.25, 0.3) is 0 Å². The van der Waals surface area contributed by atoms with E-state index in [1.54, 1.807) is 11.8 Å². The summed E-state index contributed by atoms with van der Waals surface area (Å²) in [6.07, 6.45) is 7.97. The van der Waals surface area contributed by atoms with E-state index in [1.165, 1.54) is 0 Å². The topological polar surface area (TPSA) is 59.0 Å². The Morgan fingerprint density at radius 3 is 3.32 bits per heavy atom. The van der Waals surface area contributed by atoms with Gasteiger partial charge in [-0.1, -0.05) is 0 Å². The van der Waals surface area contributed by atoms with Crippen LogP contribution in [0.3, 0.4) is 0 Å². The van der Waals surface area contributed by atoms with E-state index in [0.717, 1.165) is 37.5 Å². The fourth-order valence-corrected chi connectivity index (χ4v) is 2.98. The van der Waals surface area contributed by atoms with E-state index < -0.39 is 0 Å². The Morgan fingerprint density at radius 1 is 1.68 bits per heavy atom. The zero-order valence-corrected chi connectivity index (χ0v) is 12.4. The zero-order valence-electron chi connectivity index (χ0n) is 11.6. The van der Waals surface area contributed by atoms with Crippen molar-refractivity contribution in [3.05, 3.63) is 18.2 Å². The molecule has 5 nitrogen and oxygen atoms in total. The Hall–Kier alpha value is -1.17. The molecule has 2 rings (SSSR count). The molecule has 2 heterocycles. The van der Waals surface area contributed by atoms with Gasteiger partial charge in [0.05, 0.1) is 0 Å². The predicted octanol–water partition coefficient (Wildman–Crippen LogP) is 1.50. The van der Waals surface area contributed by atoms with Gasteiger partial charge in [-0.25, -0.2) is 9.78 Å². The average Bonchev–Trinajstić information content (AvgIpc) is 2.83. The molecule has 0 radical (unpaired) electrons. The van der Waals surface area contributed by atoms with Gasteiger partial charge in [0, 0.05) is 43.7 Å². The fraction of sp³-hybridized carbons (Fsp3) is 0.692. The molecule has 0 saturated heterocycles. The van der Waals surface area contributed by atoms with Crippen molar-refractivity contribution in [2.24, 2.45) is 5.92 Å². The second-order valence-electron chi connectivity index (χ2n) is 5.11. The summed E-state index contributed by atoms with van der Waals surface area (Å²) in [5.74, 6) is 2.57. The molecular formula is C13H22N4OS. The number of nitrogens with zero attached hydrogens (tertiary/aromatic N) is 2. The summed E-state index contributed by atoms with van der Waals surface area (Å²) in [6, 6.07) is 0.149. The minimum atomic E-state index is -0.0598. The maximum absolute atomic E-state index is 11.7. The molecule has 0 bridgehead atoms. The van der Waals surface area contributed by atoms with Crippen LogP contribution in [0.1, 0.15) is 19.2 Å². The molecular weight excluding hydrogens is 260 g/mol. The van der Waals surface area contributed by atoms with Crippen molar-refractivity contribution in [1.29, 1.82) is 0 Å².